The molecule has 6 heteroatoms. The Kier molecular flexibility index (Phi) is 3.87. The maximum atomic E-state index is 13.9. The third kappa shape index (κ3) is 2.63. The van der Waals surface area contributed by atoms with E-state index in [-0.39, 0.29) is 18.0 Å². The fraction of sp³-hybridized carbons (Fsp3) is 0.357. The summed E-state index contributed by atoms with van der Waals surface area (Å²) in [5.41, 5.74) is 1.20. The van der Waals surface area contributed by atoms with Crippen molar-refractivity contribution in [2.75, 3.05) is 13.7 Å². The molecule has 0 spiro atoms. The van der Waals surface area contributed by atoms with E-state index < -0.39 is 0 Å². The summed E-state index contributed by atoms with van der Waals surface area (Å²) >= 11 is 3.35. The molecule has 0 amide bonds. The second kappa shape index (κ2) is 5.63. The Balaban J connectivity index is 1.85. The second-order valence-corrected chi connectivity index (χ2v) is 5.78. The molecule has 1 aromatic heterocycles. The minimum Gasteiger partial charge on any atom is -0.380 e. The second-order valence-electron chi connectivity index (χ2n) is 4.86. The number of H-pyrrole nitrogens is 1. The van der Waals surface area contributed by atoms with E-state index >= 15 is 0 Å². The van der Waals surface area contributed by atoms with E-state index in [1.54, 1.807) is 25.4 Å². The van der Waals surface area contributed by atoms with Crippen LogP contribution in [0.3, 0.4) is 0 Å². The maximum Gasteiger partial charge on any atom is 0.132 e. The molecule has 3 rings (SSSR count). The summed E-state index contributed by atoms with van der Waals surface area (Å²) in [6.45, 7) is 0.808. The van der Waals surface area contributed by atoms with Crippen LogP contribution in [-0.4, -0.2) is 29.7 Å². The predicted molar refractivity (Wildman–Crippen MR) is 77.8 cm³/mol. The largest absolute Gasteiger partial charge is 0.380 e. The summed E-state index contributed by atoms with van der Waals surface area (Å²) in [7, 11) is 1.71. The molecule has 1 aliphatic rings. The van der Waals surface area contributed by atoms with Crippen molar-refractivity contribution in [2.24, 2.45) is 0 Å². The Bertz CT molecular complexity index is 616. The Morgan fingerprint density at radius 3 is 3.05 bits per heavy atom. The third-order valence-corrected chi connectivity index (χ3v) is 4.06. The van der Waals surface area contributed by atoms with Crippen LogP contribution in [0.2, 0.25) is 0 Å². The number of benzene rings is 1. The van der Waals surface area contributed by atoms with Crippen molar-refractivity contribution in [1.82, 2.24) is 15.3 Å². The number of halogens is 2. The number of hydrogen-bond acceptors (Lipinski definition) is 3. The van der Waals surface area contributed by atoms with Crippen LogP contribution in [-0.2, 0) is 4.74 Å². The Morgan fingerprint density at radius 1 is 1.45 bits per heavy atom. The van der Waals surface area contributed by atoms with E-state index in [0.29, 0.717) is 11.3 Å². The molecule has 1 fully saturated rings. The fourth-order valence-electron chi connectivity index (χ4n) is 2.45. The number of aromatic nitrogens is 2. The molecule has 0 aliphatic carbocycles. The molecular formula is C14H15BrFN3O. The lowest BCUT2D eigenvalue weighted by Crippen LogP contribution is -2.16. The first kappa shape index (κ1) is 13.7. The zero-order chi connectivity index (χ0) is 14.1. The van der Waals surface area contributed by atoms with Crippen LogP contribution >= 0.6 is 15.9 Å². The summed E-state index contributed by atoms with van der Waals surface area (Å²) in [5, 5.41) is 3.34. The van der Waals surface area contributed by atoms with Gasteiger partial charge in [0.25, 0.3) is 0 Å². The third-order valence-electron chi connectivity index (χ3n) is 3.57. The molecule has 106 valence electrons. The van der Waals surface area contributed by atoms with Gasteiger partial charge in [0.1, 0.15) is 11.6 Å². The highest BCUT2D eigenvalue weighted by atomic mass is 79.9. The number of nitrogens with zero attached hydrogens (tertiary/aromatic N) is 1. The molecule has 4 nitrogen and oxygen atoms in total. The number of imidazole rings is 1. The van der Waals surface area contributed by atoms with E-state index in [4.69, 9.17) is 4.74 Å². The summed E-state index contributed by atoms with van der Waals surface area (Å²) in [5.74, 6) is 0.552. The molecule has 2 unspecified atom stereocenters. The minimum absolute atomic E-state index is 0.129. The van der Waals surface area contributed by atoms with Crippen molar-refractivity contribution >= 4 is 15.9 Å². The van der Waals surface area contributed by atoms with Gasteiger partial charge >= 0.3 is 0 Å². The van der Waals surface area contributed by atoms with Crippen molar-refractivity contribution in [3.05, 3.63) is 40.5 Å². The summed E-state index contributed by atoms with van der Waals surface area (Å²) < 4.78 is 20.0. The molecular weight excluding hydrogens is 325 g/mol. The van der Waals surface area contributed by atoms with Gasteiger partial charge in [0.05, 0.1) is 24.0 Å². The van der Waals surface area contributed by atoms with Gasteiger partial charge < -0.3 is 15.0 Å². The van der Waals surface area contributed by atoms with Crippen LogP contribution in [0.5, 0.6) is 0 Å². The van der Waals surface area contributed by atoms with Gasteiger partial charge in [-0.3, -0.25) is 0 Å². The molecule has 20 heavy (non-hydrogen) atoms. The molecule has 0 bridgehead atoms. The lowest BCUT2D eigenvalue weighted by Gasteiger charge is -2.07. The van der Waals surface area contributed by atoms with Gasteiger partial charge in [-0.15, -0.1) is 0 Å². The Morgan fingerprint density at radius 2 is 2.30 bits per heavy atom. The lowest BCUT2D eigenvalue weighted by atomic mass is 10.1. The monoisotopic (exact) mass is 339 g/mol. The highest BCUT2D eigenvalue weighted by Crippen LogP contribution is 2.28. The van der Waals surface area contributed by atoms with Crippen LogP contribution in [0.4, 0.5) is 4.39 Å². The molecule has 2 heterocycles. The van der Waals surface area contributed by atoms with Gasteiger partial charge in [-0.2, -0.15) is 0 Å². The first-order valence-electron chi connectivity index (χ1n) is 6.44. The average molecular weight is 340 g/mol. The van der Waals surface area contributed by atoms with Crippen molar-refractivity contribution < 1.29 is 9.13 Å². The summed E-state index contributed by atoms with van der Waals surface area (Å²) in [6.07, 6.45) is 2.74. The van der Waals surface area contributed by atoms with E-state index in [1.165, 1.54) is 6.07 Å². The first-order chi connectivity index (χ1) is 9.67. The molecule has 2 aromatic rings. The van der Waals surface area contributed by atoms with Crippen molar-refractivity contribution in [3.63, 3.8) is 0 Å². The first-order valence-corrected chi connectivity index (χ1v) is 7.23. The van der Waals surface area contributed by atoms with Gasteiger partial charge in [-0.05, 0) is 24.6 Å². The van der Waals surface area contributed by atoms with Gasteiger partial charge in [0.15, 0.2) is 0 Å². The number of methoxy groups -OCH3 is 1. The molecule has 1 saturated heterocycles. The number of aromatic amines is 1. The topological polar surface area (TPSA) is 49.9 Å². The summed E-state index contributed by atoms with van der Waals surface area (Å²) in [6, 6.07) is 4.99. The summed E-state index contributed by atoms with van der Waals surface area (Å²) in [4.78, 5) is 7.55. The van der Waals surface area contributed by atoms with Crippen molar-refractivity contribution in [2.45, 2.75) is 18.6 Å². The van der Waals surface area contributed by atoms with Crippen LogP contribution in [0.1, 0.15) is 18.3 Å². The smallest absolute Gasteiger partial charge is 0.132 e. The minimum atomic E-state index is -0.266. The van der Waals surface area contributed by atoms with Crippen LogP contribution < -0.4 is 5.32 Å². The van der Waals surface area contributed by atoms with Gasteiger partial charge in [0, 0.05) is 23.7 Å². The highest BCUT2D eigenvalue weighted by Gasteiger charge is 2.27. The van der Waals surface area contributed by atoms with Crippen molar-refractivity contribution in [3.8, 4) is 11.3 Å². The standard InChI is InChI=1S/C14H15BrFN3O/c1-20-9-5-12(17-6-9)14-18-7-13(19-14)10-4-8(15)2-3-11(10)16/h2-4,7,9,12,17H,5-6H2,1H3,(H,18,19). The molecule has 0 saturated carbocycles. The fourth-order valence-corrected chi connectivity index (χ4v) is 2.81. The number of ether oxygens (including phenoxy) is 1. The molecule has 2 atom stereocenters. The van der Waals surface area contributed by atoms with Gasteiger partial charge in [0.2, 0.25) is 0 Å². The number of nitrogens with one attached hydrogen (secondary N) is 2. The Hall–Kier alpha value is -1.24. The van der Waals surface area contributed by atoms with E-state index in [9.17, 15) is 4.39 Å². The van der Waals surface area contributed by atoms with E-state index in [1.807, 2.05) is 0 Å². The van der Waals surface area contributed by atoms with E-state index in [0.717, 1.165) is 23.3 Å². The maximum absolute atomic E-state index is 13.9. The molecule has 2 N–H and O–H groups in total. The predicted octanol–water partition coefficient (Wildman–Crippen LogP) is 3.03. The Labute approximate surface area is 124 Å². The number of hydrogen-bond donors (Lipinski definition) is 2. The van der Waals surface area contributed by atoms with Gasteiger partial charge in [-0.1, -0.05) is 15.9 Å². The van der Waals surface area contributed by atoms with Crippen LogP contribution in [0.15, 0.2) is 28.9 Å². The zero-order valence-electron chi connectivity index (χ0n) is 11.0. The SMILES string of the molecule is COC1CNC(c2ncc(-c3cc(Br)ccc3F)[nH]2)C1. The van der Waals surface area contributed by atoms with Crippen LogP contribution in [0, 0.1) is 5.82 Å². The van der Waals surface area contributed by atoms with Crippen LogP contribution in [0.25, 0.3) is 11.3 Å². The van der Waals surface area contributed by atoms with Gasteiger partial charge in [-0.25, -0.2) is 9.37 Å². The normalized spacial score (nSPS) is 22.4. The zero-order valence-corrected chi connectivity index (χ0v) is 12.6. The molecule has 1 aliphatic heterocycles. The van der Waals surface area contributed by atoms with E-state index in [2.05, 4.69) is 31.2 Å². The van der Waals surface area contributed by atoms with Crippen molar-refractivity contribution in [1.29, 1.82) is 0 Å². The molecule has 0 radical (unpaired) electrons. The number of rotatable bonds is 3. The lowest BCUT2D eigenvalue weighted by molar-refractivity contribution is 0.117. The quantitative estimate of drug-likeness (QED) is 0.903. The average Bonchev–Trinajstić information content (AvgIpc) is 3.09. The highest BCUT2D eigenvalue weighted by molar-refractivity contribution is 9.10. The molecule has 1 aromatic carbocycles.